The average Bonchev–Trinajstić information content (AvgIpc) is 2.92. The van der Waals surface area contributed by atoms with E-state index in [1.165, 1.54) is 12.0 Å². The van der Waals surface area contributed by atoms with E-state index >= 15 is 0 Å². The summed E-state index contributed by atoms with van der Waals surface area (Å²) in [4.78, 5) is 30.0. The topological polar surface area (TPSA) is 72.6 Å². The maximum Gasteiger partial charge on any atom is 0.325 e. The molecule has 0 aliphatic heterocycles. The van der Waals surface area contributed by atoms with E-state index in [0.29, 0.717) is 12.2 Å². The molecule has 0 aliphatic rings. The van der Waals surface area contributed by atoms with Crippen molar-refractivity contribution in [1.29, 1.82) is 0 Å². The maximum atomic E-state index is 12.8. The number of carbonyl (C=O) groups excluding carboxylic acids is 2. The molecule has 2 aromatic rings. The fraction of sp³-hybridized carbons (Fsp3) is 0.353. The number of rotatable bonds is 5. The summed E-state index contributed by atoms with van der Waals surface area (Å²) in [6.45, 7) is 5.42. The van der Waals surface area contributed by atoms with E-state index in [0.717, 1.165) is 17.0 Å². The average molecular weight is 316 g/mol. The molecule has 2 rings (SSSR count). The SMILES string of the molecule is CCc1oc(C(=O)N(CC(=O)OC)c2cccc(C)n2)cc1C. The quantitative estimate of drug-likeness (QED) is 0.793. The van der Waals surface area contributed by atoms with Gasteiger partial charge in [-0.25, -0.2) is 4.98 Å². The minimum atomic E-state index is -0.527. The van der Waals surface area contributed by atoms with Gasteiger partial charge in [-0.2, -0.15) is 0 Å². The standard InChI is InChI=1S/C17H20N2O4/c1-5-13-11(2)9-14(23-13)17(21)19(10-16(20)22-4)15-8-6-7-12(3)18-15/h6-9H,5,10H2,1-4H3. The number of esters is 1. The molecule has 6 heteroatoms. The molecule has 0 N–H and O–H groups in total. The fourth-order valence-corrected chi connectivity index (χ4v) is 2.24. The van der Waals surface area contributed by atoms with Gasteiger partial charge < -0.3 is 9.15 Å². The van der Waals surface area contributed by atoms with Crippen LogP contribution in [0.15, 0.2) is 28.7 Å². The monoisotopic (exact) mass is 316 g/mol. The Labute approximate surface area is 135 Å². The molecule has 2 heterocycles. The van der Waals surface area contributed by atoms with Crippen molar-refractivity contribution in [3.63, 3.8) is 0 Å². The van der Waals surface area contributed by atoms with Crippen molar-refractivity contribution in [3.05, 3.63) is 47.0 Å². The van der Waals surface area contributed by atoms with Crippen LogP contribution in [0.2, 0.25) is 0 Å². The first-order chi connectivity index (χ1) is 11.0. The maximum absolute atomic E-state index is 12.8. The number of aromatic nitrogens is 1. The molecule has 6 nitrogen and oxygen atoms in total. The van der Waals surface area contributed by atoms with Gasteiger partial charge in [0.2, 0.25) is 0 Å². The Kier molecular flexibility index (Phi) is 5.16. The molecule has 0 atom stereocenters. The van der Waals surface area contributed by atoms with Gasteiger partial charge >= 0.3 is 5.97 Å². The van der Waals surface area contributed by atoms with Crippen LogP contribution in [0.3, 0.4) is 0 Å². The van der Waals surface area contributed by atoms with E-state index < -0.39 is 11.9 Å². The van der Waals surface area contributed by atoms with E-state index in [4.69, 9.17) is 4.42 Å². The Morgan fingerprint density at radius 2 is 2.04 bits per heavy atom. The number of anilines is 1. The first-order valence-electron chi connectivity index (χ1n) is 7.38. The summed E-state index contributed by atoms with van der Waals surface area (Å²) in [5.41, 5.74) is 1.65. The highest BCUT2D eigenvalue weighted by Crippen LogP contribution is 2.20. The van der Waals surface area contributed by atoms with Crippen LogP contribution in [0, 0.1) is 13.8 Å². The van der Waals surface area contributed by atoms with Crippen molar-refractivity contribution >= 4 is 17.7 Å². The number of methoxy groups -OCH3 is 1. The van der Waals surface area contributed by atoms with Crippen LogP contribution in [0.5, 0.6) is 0 Å². The second-order valence-corrected chi connectivity index (χ2v) is 5.17. The number of aryl methyl sites for hydroxylation is 3. The number of ether oxygens (including phenoxy) is 1. The molecular formula is C17H20N2O4. The van der Waals surface area contributed by atoms with E-state index in [9.17, 15) is 9.59 Å². The van der Waals surface area contributed by atoms with Crippen molar-refractivity contribution in [3.8, 4) is 0 Å². The lowest BCUT2D eigenvalue weighted by molar-refractivity contribution is -0.138. The molecule has 0 spiro atoms. The first kappa shape index (κ1) is 16.7. The lowest BCUT2D eigenvalue weighted by Crippen LogP contribution is -2.36. The van der Waals surface area contributed by atoms with Gasteiger partial charge in [-0.15, -0.1) is 0 Å². The number of pyridine rings is 1. The number of hydrogen-bond acceptors (Lipinski definition) is 5. The zero-order valence-electron chi connectivity index (χ0n) is 13.8. The lowest BCUT2D eigenvalue weighted by Gasteiger charge is -2.19. The molecule has 1 amide bonds. The molecule has 0 aromatic carbocycles. The molecule has 0 radical (unpaired) electrons. The third-order valence-electron chi connectivity index (χ3n) is 3.46. The zero-order valence-corrected chi connectivity index (χ0v) is 13.8. The van der Waals surface area contributed by atoms with E-state index in [-0.39, 0.29) is 12.3 Å². The van der Waals surface area contributed by atoms with Gasteiger partial charge in [-0.3, -0.25) is 14.5 Å². The normalized spacial score (nSPS) is 10.4. The van der Waals surface area contributed by atoms with Crippen LogP contribution in [0.25, 0.3) is 0 Å². The molecule has 0 aliphatic carbocycles. The van der Waals surface area contributed by atoms with Crippen LogP contribution < -0.4 is 4.90 Å². The van der Waals surface area contributed by atoms with Gasteiger partial charge in [0.1, 0.15) is 18.1 Å². The fourth-order valence-electron chi connectivity index (χ4n) is 2.24. The molecule has 0 fully saturated rings. The summed E-state index contributed by atoms with van der Waals surface area (Å²) in [6, 6.07) is 6.95. The second kappa shape index (κ2) is 7.09. The number of carbonyl (C=O) groups is 2. The molecular weight excluding hydrogens is 296 g/mol. The highest BCUT2D eigenvalue weighted by molar-refractivity contribution is 6.06. The van der Waals surface area contributed by atoms with E-state index in [2.05, 4.69) is 9.72 Å². The largest absolute Gasteiger partial charge is 0.468 e. The van der Waals surface area contributed by atoms with Gasteiger partial charge in [0.15, 0.2) is 5.76 Å². The van der Waals surface area contributed by atoms with Crippen LogP contribution >= 0.6 is 0 Å². The van der Waals surface area contributed by atoms with E-state index in [1.54, 1.807) is 18.2 Å². The highest BCUT2D eigenvalue weighted by atomic mass is 16.5. The van der Waals surface area contributed by atoms with Crippen LogP contribution in [-0.2, 0) is 16.0 Å². The van der Waals surface area contributed by atoms with E-state index in [1.807, 2.05) is 26.8 Å². The van der Waals surface area contributed by atoms with Crippen LogP contribution in [-0.4, -0.2) is 30.5 Å². The van der Waals surface area contributed by atoms with Gasteiger partial charge in [0.25, 0.3) is 5.91 Å². The Morgan fingerprint density at radius 3 is 2.61 bits per heavy atom. The van der Waals surface area contributed by atoms with Crippen molar-refractivity contribution in [2.75, 3.05) is 18.6 Å². The summed E-state index contributed by atoms with van der Waals surface area (Å²) in [5.74, 6) is 0.375. The summed E-state index contributed by atoms with van der Waals surface area (Å²) in [6.07, 6.45) is 0.693. The molecule has 0 unspecified atom stereocenters. The van der Waals surface area contributed by atoms with Gasteiger partial charge in [-0.05, 0) is 37.6 Å². The number of amides is 1. The number of furan rings is 1. The summed E-state index contributed by atoms with van der Waals surface area (Å²) in [7, 11) is 1.28. The Morgan fingerprint density at radius 1 is 1.30 bits per heavy atom. The van der Waals surface area contributed by atoms with Crippen molar-refractivity contribution in [2.45, 2.75) is 27.2 Å². The van der Waals surface area contributed by atoms with Crippen molar-refractivity contribution < 1.29 is 18.7 Å². The predicted octanol–water partition coefficient (Wildman–Crippen LogP) is 2.67. The Balaban J connectivity index is 2.39. The minimum absolute atomic E-state index is 0.187. The summed E-state index contributed by atoms with van der Waals surface area (Å²) >= 11 is 0. The third-order valence-corrected chi connectivity index (χ3v) is 3.46. The summed E-state index contributed by atoms with van der Waals surface area (Å²) in [5, 5.41) is 0. The number of hydrogen-bond donors (Lipinski definition) is 0. The molecule has 0 bridgehead atoms. The van der Waals surface area contributed by atoms with Crippen LogP contribution in [0.4, 0.5) is 5.82 Å². The Bertz CT molecular complexity index is 721. The molecule has 0 saturated carbocycles. The molecule has 0 saturated heterocycles. The van der Waals surface area contributed by atoms with Gasteiger partial charge in [-0.1, -0.05) is 13.0 Å². The summed E-state index contributed by atoms with van der Waals surface area (Å²) < 4.78 is 10.3. The highest BCUT2D eigenvalue weighted by Gasteiger charge is 2.25. The smallest absolute Gasteiger partial charge is 0.325 e. The lowest BCUT2D eigenvalue weighted by atomic mass is 10.2. The zero-order chi connectivity index (χ0) is 17.0. The second-order valence-electron chi connectivity index (χ2n) is 5.17. The predicted molar refractivity (Wildman–Crippen MR) is 85.5 cm³/mol. The number of nitrogens with zero attached hydrogens (tertiary/aromatic N) is 2. The van der Waals surface area contributed by atoms with Gasteiger partial charge in [0.05, 0.1) is 7.11 Å². The van der Waals surface area contributed by atoms with Crippen molar-refractivity contribution in [2.24, 2.45) is 0 Å². The Hall–Kier alpha value is -2.63. The van der Waals surface area contributed by atoms with Crippen molar-refractivity contribution in [1.82, 2.24) is 4.98 Å². The first-order valence-corrected chi connectivity index (χ1v) is 7.38. The minimum Gasteiger partial charge on any atom is -0.468 e. The third kappa shape index (κ3) is 3.77. The molecule has 122 valence electrons. The molecule has 23 heavy (non-hydrogen) atoms. The molecule has 2 aromatic heterocycles. The van der Waals surface area contributed by atoms with Crippen LogP contribution in [0.1, 0.15) is 34.5 Å². The van der Waals surface area contributed by atoms with Gasteiger partial charge in [0, 0.05) is 12.1 Å².